The molecule has 0 radical (unpaired) electrons. The number of hydrogen-bond donors (Lipinski definition) is 1. The van der Waals surface area contributed by atoms with E-state index in [1.165, 1.54) is 7.11 Å². The first-order chi connectivity index (χ1) is 11.5. The van der Waals surface area contributed by atoms with Gasteiger partial charge in [-0.3, -0.25) is 0 Å². The molecule has 0 heterocycles. The minimum atomic E-state index is -0.498. The Hall–Kier alpha value is -2.53. The van der Waals surface area contributed by atoms with Crippen LogP contribution in [0.15, 0.2) is 47.5 Å². The summed E-state index contributed by atoms with van der Waals surface area (Å²) in [4.78, 5) is 16.4. The lowest BCUT2D eigenvalue weighted by Crippen LogP contribution is -2.13. The number of nitrogens with two attached hydrogens (primary N) is 1. The molecule has 24 heavy (non-hydrogen) atoms. The van der Waals surface area contributed by atoms with Crippen LogP contribution in [0.1, 0.15) is 21.5 Å². The van der Waals surface area contributed by atoms with Crippen LogP contribution in [-0.2, 0) is 11.3 Å². The minimum Gasteiger partial charge on any atom is -0.486 e. The summed E-state index contributed by atoms with van der Waals surface area (Å²) in [6, 6.07) is 13.1. The highest BCUT2D eigenvalue weighted by Gasteiger charge is 2.18. The number of benzene rings is 2. The van der Waals surface area contributed by atoms with Crippen LogP contribution in [0.3, 0.4) is 0 Å². The third-order valence-corrected chi connectivity index (χ3v) is 3.52. The van der Waals surface area contributed by atoms with Gasteiger partial charge >= 0.3 is 5.97 Å². The normalized spacial score (nSPS) is 11.2. The van der Waals surface area contributed by atoms with Crippen molar-refractivity contribution in [3.63, 3.8) is 0 Å². The van der Waals surface area contributed by atoms with Crippen LogP contribution in [0.4, 0.5) is 5.69 Å². The van der Waals surface area contributed by atoms with Crippen LogP contribution >= 0.6 is 11.6 Å². The van der Waals surface area contributed by atoms with Gasteiger partial charge in [0.25, 0.3) is 0 Å². The number of nitrogens with zero attached hydrogens (tertiary/aromatic N) is 1. The predicted octanol–water partition coefficient (Wildman–Crippen LogP) is 3.59. The molecule has 0 saturated carbocycles. The second-order valence-corrected chi connectivity index (χ2v) is 5.43. The Bertz CT molecular complexity index is 745. The zero-order chi connectivity index (χ0) is 17.5. The zero-order valence-corrected chi connectivity index (χ0v) is 14.3. The van der Waals surface area contributed by atoms with Gasteiger partial charge in [0.1, 0.15) is 23.7 Å². The van der Waals surface area contributed by atoms with Crippen molar-refractivity contribution in [1.82, 2.24) is 0 Å². The third kappa shape index (κ3) is 4.49. The summed E-state index contributed by atoms with van der Waals surface area (Å²) in [5.74, 6) is 0.147. The van der Waals surface area contributed by atoms with Crippen LogP contribution in [-0.4, -0.2) is 24.8 Å². The summed E-state index contributed by atoms with van der Waals surface area (Å²) < 4.78 is 10.7. The van der Waals surface area contributed by atoms with Crippen molar-refractivity contribution >= 4 is 29.1 Å². The summed E-state index contributed by atoms with van der Waals surface area (Å²) in [6.07, 6.45) is 0. The smallest absolute Gasteiger partial charge is 0.341 e. The third-order valence-electron chi connectivity index (χ3n) is 3.25. The maximum atomic E-state index is 12.1. The molecule has 0 aliphatic heterocycles. The first-order valence-electron chi connectivity index (χ1n) is 7.33. The van der Waals surface area contributed by atoms with Crippen LogP contribution in [0.5, 0.6) is 5.75 Å². The number of esters is 1. The Kier molecular flexibility index (Phi) is 6.21. The number of methoxy groups -OCH3 is 1. The molecule has 0 fully saturated rings. The van der Waals surface area contributed by atoms with Crippen LogP contribution < -0.4 is 10.5 Å². The van der Waals surface area contributed by atoms with E-state index >= 15 is 0 Å². The van der Waals surface area contributed by atoms with Crippen LogP contribution in [0.2, 0.25) is 0 Å². The molecule has 6 heteroatoms. The van der Waals surface area contributed by atoms with E-state index in [9.17, 15) is 4.79 Å². The number of ether oxygens (including phenoxy) is 2. The molecule has 0 spiro atoms. The maximum Gasteiger partial charge on any atom is 0.341 e. The fourth-order valence-corrected chi connectivity index (χ4v) is 2.22. The number of carbonyl (C=O) groups is 1. The predicted molar refractivity (Wildman–Crippen MR) is 95.3 cm³/mol. The van der Waals surface area contributed by atoms with Crippen molar-refractivity contribution in [3.05, 3.63) is 59.2 Å². The number of carbonyl (C=O) groups excluding carboxylic acids is 1. The minimum absolute atomic E-state index is 0.0830. The van der Waals surface area contributed by atoms with Gasteiger partial charge in [-0.15, -0.1) is 11.6 Å². The molecule has 2 rings (SSSR count). The Morgan fingerprint density at radius 3 is 2.58 bits per heavy atom. The fraction of sp³-hybridized carbons (Fsp3) is 0.222. The molecule has 0 aromatic heterocycles. The van der Waals surface area contributed by atoms with E-state index in [-0.39, 0.29) is 18.3 Å². The quantitative estimate of drug-likeness (QED) is 0.375. The van der Waals surface area contributed by atoms with E-state index in [4.69, 9.17) is 26.8 Å². The second-order valence-electron chi connectivity index (χ2n) is 5.16. The van der Waals surface area contributed by atoms with Crippen molar-refractivity contribution < 1.29 is 14.3 Å². The summed E-state index contributed by atoms with van der Waals surface area (Å²) in [7, 11) is 1.32. The van der Waals surface area contributed by atoms with Crippen LogP contribution in [0, 0.1) is 6.92 Å². The first-order valence-corrected chi connectivity index (χ1v) is 7.87. The summed E-state index contributed by atoms with van der Waals surface area (Å²) in [5, 5.41) is 0. The highest BCUT2D eigenvalue weighted by molar-refractivity contribution is 6.28. The second kappa shape index (κ2) is 8.36. The number of hydrogen-bond acceptors (Lipinski definition) is 4. The topological polar surface area (TPSA) is 73.9 Å². The Labute approximate surface area is 146 Å². The lowest BCUT2D eigenvalue weighted by Gasteiger charge is -2.14. The summed E-state index contributed by atoms with van der Waals surface area (Å²) in [5.41, 5.74) is 8.29. The van der Waals surface area contributed by atoms with Crippen molar-refractivity contribution in [3.8, 4) is 5.75 Å². The molecule has 2 aromatic rings. The van der Waals surface area contributed by atoms with Gasteiger partial charge in [0, 0.05) is 0 Å². The fourth-order valence-electron chi connectivity index (χ4n) is 2.16. The average Bonchev–Trinajstić information content (AvgIpc) is 2.60. The van der Waals surface area contributed by atoms with Gasteiger partial charge in [-0.2, -0.15) is 0 Å². The van der Waals surface area contributed by atoms with Gasteiger partial charge in [-0.05, 0) is 30.2 Å². The first kappa shape index (κ1) is 17.8. The molecule has 2 N–H and O–H groups in total. The van der Waals surface area contributed by atoms with Gasteiger partial charge < -0.3 is 15.2 Å². The zero-order valence-electron chi connectivity index (χ0n) is 13.6. The highest BCUT2D eigenvalue weighted by atomic mass is 35.5. The number of rotatable bonds is 6. The highest BCUT2D eigenvalue weighted by Crippen LogP contribution is 2.34. The van der Waals surface area contributed by atoms with Crippen LogP contribution in [0.25, 0.3) is 0 Å². The lowest BCUT2D eigenvalue weighted by molar-refractivity contribution is 0.0595. The van der Waals surface area contributed by atoms with Crippen molar-refractivity contribution in [2.75, 3.05) is 13.0 Å². The average molecular weight is 347 g/mol. The van der Waals surface area contributed by atoms with E-state index in [1.807, 2.05) is 37.3 Å². The van der Waals surface area contributed by atoms with E-state index < -0.39 is 5.97 Å². The van der Waals surface area contributed by atoms with Gasteiger partial charge in [-0.1, -0.05) is 30.3 Å². The number of aliphatic imine (C=N–C) groups is 1. The summed E-state index contributed by atoms with van der Waals surface area (Å²) >= 11 is 5.71. The van der Waals surface area contributed by atoms with Crippen molar-refractivity contribution in [2.45, 2.75) is 13.5 Å². The maximum absolute atomic E-state index is 12.1. The molecule has 0 saturated heterocycles. The van der Waals surface area contributed by atoms with E-state index in [0.29, 0.717) is 17.0 Å². The molecule has 0 unspecified atom stereocenters. The van der Waals surface area contributed by atoms with E-state index in [0.717, 1.165) is 11.1 Å². The Morgan fingerprint density at radius 1 is 1.25 bits per heavy atom. The number of alkyl halides is 1. The van der Waals surface area contributed by atoms with E-state index in [1.54, 1.807) is 12.1 Å². The molecule has 0 amide bonds. The van der Waals surface area contributed by atoms with Crippen molar-refractivity contribution in [2.24, 2.45) is 10.7 Å². The molecule has 126 valence electrons. The Balaban J connectivity index is 2.45. The molecule has 0 atom stereocenters. The standard InChI is InChI=1S/C18H19ClN2O3/c1-12-8-14(18(22)23-2)17(15(9-12)21-16(20)10-19)24-11-13-6-4-3-5-7-13/h3-9H,10-11H2,1-2H3,(H2,20,21). The molecule has 2 aromatic carbocycles. The Morgan fingerprint density at radius 2 is 1.96 bits per heavy atom. The largest absolute Gasteiger partial charge is 0.486 e. The number of amidine groups is 1. The van der Waals surface area contributed by atoms with Gasteiger partial charge in [0.15, 0.2) is 5.75 Å². The monoisotopic (exact) mass is 346 g/mol. The van der Waals surface area contributed by atoms with Gasteiger partial charge in [0.2, 0.25) is 0 Å². The van der Waals surface area contributed by atoms with E-state index in [2.05, 4.69) is 4.99 Å². The lowest BCUT2D eigenvalue weighted by atomic mass is 10.1. The molecular formula is C18H19ClN2O3. The number of aryl methyl sites for hydroxylation is 1. The molecule has 0 aliphatic carbocycles. The molecule has 5 nitrogen and oxygen atoms in total. The SMILES string of the molecule is COC(=O)c1cc(C)cc(N=C(N)CCl)c1OCc1ccccc1. The van der Waals surface area contributed by atoms with Crippen molar-refractivity contribution in [1.29, 1.82) is 0 Å². The number of halogens is 1. The summed E-state index contributed by atoms with van der Waals surface area (Å²) in [6.45, 7) is 2.14. The van der Waals surface area contributed by atoms with Gasteiger partial charge in [0.05, 0.1) is 13.0 Å². The molecule has 0 bridgehead atoms. The van der Waals surface area contributed by atoms with Gasteiger partial charge in [-0.25, -0.2) is 9.79 Å². The molecular weight excluding hydrogens is 328 g/mol. The molecule has 0 aliphatic rings.